The number of nitrogens with zero attached hydrogens (tertiary/aromatic N) is 2. The van der Waals surface area contributed by atoms with Gasteiger partial charge in [-0.3, -0.25) is 0 Å². The molecule has 0 saturated heterocycles. The summed E-state index contributed by atoms with van der Waals surface area (Å²) in [5.41, 5.74) is 0.784. The van der Waals surface area contributed by atoms with Crippen LogP contribution in [0.25, 0.3) is 22.8 Å². The number of hydrogen-bond donors (Lipinski definition) is 0. The molecule has 0 amide bonds. The van der Waals surface area contributed by atoms with Crippen LogP contribution >= 0.6 is 11.6 Å². The van der Waals surface area contributed by atoms with Crippen molar-refractivity contribution in [2.45, 2.75) is 39.5 Å². The Labute approximate surface area is 165 Å². The first-order valence-corrected chi connectivity index (χ1v) is 9.05. The molecule has 0 aliphatic rings. The maximum Gasteiger partial charge on any atom is 0.419 e. The number of aryl methyl sites for hydroxylation is 1. The van der Waals surface area contributed by atoms with E-state index < -0.39 is 11.7 Å². The Balaban J connectivity index is 2.00. The van der Waals surface area contributed by atoms with Crippen molar-refractivity contribution >= 4 is 11.6 Å². The van der Waals surface area contributed by atoms with Crippen molar-refractivity contribution in [1.82, 2.24) is 10.1 Å². The number of halogens is 4. The summed E-state index contributed by atoms with van der Waals surface area (Å²) >= 11 is 6.01. The molecule has 1 aromatic heterocycles. The molecule has 0 N–H and O–H groups in total. The lowest BCUT2D eigenvalue weighted by atomic mass is 10.1. The molecule has 28 heavy (non-hydrogen) atoms. The van der Waals surface area contributed by atoms with Gasteiger partial charge in [-0.05, 0) is 56.2 Å². The molecule has 0 aliphatic heterocycles. The van der Waals surface area contributed by atoms with Gasteiger partial charge in [0.1, 0.15) is 5.75 Å². The molecule has 1 atom stereocenters. The van der Waals surface area contributed by atoms with Crippen molar-refractivity contribution in [1.29, 1.82) is 0 Å². The Bertz CT molecular complexity index is 986. The molecule has 0 radical (unpaired) electrons. The van der Waals surface area contributed by atoms with Gasteiger partial charge in [0, 0.05) is 16.1 Å². The molecule has 4 nitrogen and oxygen atoms in total. The van der Waals surface area contributed by atoms with Crippen molar-refractivity contribution in [3.63, 3.8) is 0 Å². The summed E-state index contributed by atoms with van der Waals surface area (Å²) in [6.07, 6.45) is -4.33. The minimum absolute atomic E-state index is 0.0186. The molecule has 3 aromatic rings. The summed E-state index contributed by atoms with van der Waals surface area (Å²) < 4.78 is 51.1. The summed E-state index contributed by atoms with van der Waals surface area (Å²) in [6, 6.07) is 8.91. The van der Waals surface area contributed by atoms with Gasteiger partial charge in [-0.2, -0.15) is 18.2 Å². The SMILES string of the molecule is CC[C@H](C)Oc1ccc(-c2nc(-c3cc(Cl)ccc3C)no2)cc1C(F)(F)F. The predicted octanol–water partition coefficient (Wildman–Crippen LogP) is 6.56. The molecule has 0 saturated carbocycles. The number of aromatic nitrogens is 2. The molecule has 148 valence electrons. The maximum atomic E-state index is 13.5. The number of rotatable bonds is 5. The standard InChI is InChI=1S/C20H18ClF3N2O2/c1-4-12(3)27-17-8-6-13(9-16(17)20(22,23)24)19-25-18(26-28-19)15-10-14(21)7-5-11(15)2/h5-10,12H,4H2,1-3H3/t12-/m0/s1. The van der Waals surface area contributed by atoms with Crippen LogP contribution in [0.5, 0.6) is 5.75 Å². The summed E-state index contributed by atoms with van der Waals surface area (Å²) in [7, 11) is 0. The monoisotopic (exact) mass is 410 g/mol. The smallest absolute Gasteiger partial charge is 0.419 e. The number of hydrogen-bond acceptors (Lipinski definition) is 4. The van der Waals surface area contributed by atoms with Gasteiger partial charge in [-0.15, -0.1) is 0 Å². The van der Waals surface area contributed by atoms with Gasteiger partial charge in [-0.1, -0.05) is 29.7 Å². The minimum Gasteiger partial charge on any atom is -0.490 e. The Hall–Kier alpha value is -2.54. The Kier molecular flexibility index (Phi) is 5.65. The number of alkyl halides is 3. The van der Waals surface area contributed by atoms with Gasteiger partial charge < -0.3 is 9.26 Å². The average Bonchev–Trinajstić information content (AvgIpc) is 3.13. The van der Waals surface area contributed by atoms with E-state index in [1.807, 2.05) is 13.8 Å². The third-order valence-electron chi connectivity index (χ3n) is 4.30. The van der Waals surface area contributed by atoms with Gasteiger partial charge in [0.15, 0.2) is 0 Å². The maximum absolute atomic E-state index is 13.5. The normalized spacial score (nSPS) is 12.8. The van der Waals surface area contributed by atoms with E-state index in [0.717, 1.165) is 11.6 Å². The van der Waals surface area contributed by atoms with Crippen molar-refractivity contribution in [2.75, 3.05) is 0 Å². The van der Waals surface area contributed by atoms with Crippen molar-refractivity contribution in [3.05, 3.63) is 52.5 Å². The van der Waals surface area contributed by atoms with E-state index in [4.69, 9.17) is 20.9 Å². The molecule has 1 heterocycles. The van der Waals surface area contributed by atoms with Crippen LogP contribution < -0.4 is 4.74 Å². The lowest BCUT2D eigenvalue weighted by Crippen LogP contribution is -2.15. The van der Waals surface area contributed by atoms with Crippen molar-refractivity contribution in [2.24, 2.45) is 0 Å². The first-order chi connectivity index (χ1) is 13.2. The largest absolute Gasteiger partial charge is 0.490 e. The molecule has 0 fully saturated rings. The lowest BCUT2D eigenvalue weighted by molar-refractivity contribution is -0.139. The van der Waals surface area contributed by atoms with Crippen LogP contribution in [0.15, 0.2) is 40.9 Å². The highest BCUT2D eigenvalue weighted by Crippen LogP contribution is 2.39. The van der Waals surface area contributed by atoms with E-state index in [1.165, 1.54) is 12.1 Å². The Morgan fingerprint density at radius 3 is 2.61 bits per heavy atom. The second kappa shape index (κ2) is 7.83. The quantitative estimate of drug-likeness (QED) is 0.477. The van der Waals surface area contributed by atoms with Crippen molar-refractivity contribution in [3.8, 4) is 28.6 Å². The van der Waals surface area contributed by atoms with E-state index in [9.17, 15) is 13.2 Å². The van der Waals surface area contributed by atoms with Crippen molar-refractivity contribution < 1.29 is 22.4 Å². The average molecular weight is 411 g/mol. The third-order valence-corrected chi connectivity index (χ3v) is 4.54. The topological polar surface area (TPSA) is 48.2 Å². The highest BCUT2D eigenvalue weighted by molar-refractivity contribution is 6.30. The van der Waals surface area contributed by atoms with E-state index in [0.29, 0.717) is 17.0 Å². The van der Waals surface area contributed by atoms with Gasteiger partial charge in [0.25, 0.3) is 5.89 Å². The summed E-state index contributed by atoms with van der Waals surface area (Å²) in [5, 5.41) is 4.38. The fourth-order valence-corrected chi connectivity index (χ4v) is 2.74. The number of ether oxygens (including phenoxy) is 1. The van der Waals surface area contributed by atoms with Crippen LogP contribution in [0.2, 0.25) is 5.02 Å². The van der Waals surface area contributed by atoms with Gasteiger partial charge in [-0.25, -0.2) is 0 Å². The molecular formula is C20H18ClF3N2O2. The first-order valence-electron chi connectivity index (χ1n) is 8.67. The highest BCUT2D eigenvalue weighted by Gasteiger charge is 2.35. The zero-order valence-corrected chi connectivity index (χ0v) is 16.2. The zero-order chi connectivity index (χ0) is 20.5. The fraction of sp³-hybridized carbons (Fsp3) is 0.300. The van der Waals surface area contributed by atoms with E-state index in [2.05, 4.69) is 10.1 Å². The third kappa shape index (κ3) is 4.30. The first kappa shape index (κ1) is 20.2. The molecule has 0 aliphatic carbocycles. The molecule has 3 rings (SSSR count). The molecule has 2 aromatic carbocycles. The Morgan fingerprint density at radius 2 is 1.93 bits per heavy atom. The van der Waals surface area contributed by atoms with Crippen LogP contribution in [0.4, 0.5) is 13.2 Å². The molecule has 0 spiro atoms. The second-order valence-corrected chi connectivity index (χ2v) is 6.86. The van der Waals surface area contributed by atoms with Crippen LogP contribution in [0.1, 0.15) is 31.4 Å². The molecule has 0 bridgehead atoms. The number of benzene rings is 2. The van der Waals surface area contributed by atoms with E-state index >= 15 is 0 Å². The van der Waals surface area contributed by atoms with Crippen LogP contribution in [-0.2, 0) is 6.18 Å². The minimum atomic E-state index is -4.58. The van der Waals surface area contributed by atoms with Gasteiger partial charge >= 0.3 is 6.18 Å². The lowest BCUT2D eigenvalue weighted by Gasteiger charge is -2.18. The predicted molar refractivity (Wildman–Crippen MR) is 100 cm³/mol. The van der Waals surface area contributed by atoms with Crippen LogP contribution in [-0.4, -0.2) is 16.2 Å². The van der Waals surface area contributed by atoms with E-state index in [1.54, 1.807) is 25.1 Å². The fourth-order valence-electron chi connectivity index (χ4n) is 2.57. The van der Waals surface area contributed by atoms with Gasteiger partial charge in [0.05, 0.1) is 11.7 Å². The second-order valence-electron chi connectivity index (χ2n) is 6.43. The van der Waals surface area contributed by atoms with E-state index in [-0.39, 0.29) is 29.1 Å². The zero-order valence-electron chi connectivity index (χ0n) is 15.5. The summed E-state index contributed by atoms with van der Waals surface area (Å²) in [5.74, 6) is 0.00878. The van der Waals surface area contributed by atoms with Crippen LogP contribution in [0.3, 0.4) is 0 Å². The van der Waals surface area contributed by atoms with Crippen LogP contribution in [0, 0.1) is 6.92 Å². The Morgan fingerprint density at radius 1 is 1.18 bits per heavy atom. The molecule has 0 unspecified atom stereocenters. The summed E-state index contributed by atoms with van der Waals surface area (Å²) in [4.78, 5) is 4.24. The van der Waals surface area contributed by atoms with Gasteiger partial charge in [0.2, 0.25) is 5.82 Å². The molecular weight excluding hydrogens is 393 g/mol. The molecule has 8 heteroatoms. The highest BCUT2D eigenvalue weighted by atomic mass is 35.5. The summed E-state index contributed by atoms with van der Waals surface area (Å²) in [6.45, 7) is 5.40.